The second-order valence-corrected chi connectivity index (χ2v) is 5.03. The summed E-state index contributed by atoms with van der Waals surface area (Å²) in [4.78, 5) is 15.3. The van der Waals surface area contributed by atoms with Crippen LogP contribution in [0.5, 0.6) is 0 Å². The van der Waals surface area contributed by atoms with E-state index in [0.717, 1.165) is 17.6 Å². The number of benzene rings is 1. The highest BCUT2D eigenvalue weighted by molar-refractivity contribution is 7.09. The van der Waals surface area contributed by atoms with Crippen LogP contribution in [-0.2, 0) is 0 Å². The average molecular weight is 301 g/mol. The number of hydrogen-bond donors (Lipinski definition) is 0. The van der Waals surface area contributed by atoms with Crippen molar-refractivity contribution in [3.63, 3.8) is 0 Å². The van der Waals surface area contributed by atoms with E-state index in [0.29, 0.717) is 10.6 Å². The number of halogens is 1. The maximum atomic E-state index is 14.3. The van der Waals surface area contributed by atoms with Gasteiger partial charge < -0.3 is 0 Å². The van der Waals surface area contributed by atoms with Crippen LogP contribution in [-0.4, -0.2) is 14.3 Å². The minimum Gasteiger partial charge on any atom is -0.258 e. The van der Waals surface area contributed by atoms with Crippen molar-refractivity contribution >= 4 is 17.2 Å². The number of hydrogen-bond acceptors (Lipinski definition) is 5. The van der Waals surface area contributed by atoms with Crippen LogP contribution < -0.4 is 0 Å². The van der Waals surface area contributed by atoms with Crippen LogP contribution >= 0.6 is 11.5 Å². The SMILES string of the molecule is O=[N+]([O-])c1cc(-c2ccns2)c(F)cc1-c1ccccn1. The lowest BCUT2D eigenvalue weighted by atomic mass is 10.0. The van der Waals surface area contributed by atoms with Crippen molar-refractivity contribution in [2.75, 3.05) is 0 Å². The number of nitrogens with zero attached hydrogens (tertiary/aromatic N) is 3. The Morgan fingerprint density at radius 1 is 1.14 bits per heavy atom. The summed E-state index contributed by atoms with van der Waals surface area (Å²) in [6.07, 6.45) is 3.03. The van der Waals surface area contributed by atoms with Crippen molar-refractivity contribution in [1.82, 2.24) is 9.36 Å². The summed E-state index contributed by atoms with van der Waals surface area (Å²) in [6, 6.07) is 8.99. The van der Waals surface area contributed by atoms with E-state index in [4.69, 9.17) is 0 Å². The van der Waals surface area contributed by atoms with Crippen LogP contribution in [0.4, 0.5) is 10.1 Å². The number of pyridine rings is 1. The van der Waals surface area contributed by atoms with E-state index in [9.17, 15) is 14.5 Å². The van der Waals surface area contributed by atoms with Gasteiger partial charge >= 0.3 is 0 Å². The maximum Gasteiger partial charge on any atom is 0.279 e. The fourth-order valence-electron chi connectivity index (χ4n) is 1.98. The van der Waals surface area contributed by atoms with Gasteiger partial charge in [-0.25, -0.2) is 8.76 Å². The zero-order chi connectivity index (χ0) is 14.8. The topological polar surface area (TPSA) is 68.9 Å². The number of rotatable bonds is 3. The van der Waals surface area contributed by atoms with Gasteiger partial charge in [-0.2, -0.15) is 0 Å². The Labute approximate surface area is 123 Å². The van der Waals surface area contributed by atoms with E-state index in [1.165, 1.54) is 18.5 Å². The van der Waals surface area contributed by atoms with Crippen LogP contribution in [0, 0.1) is 15.9 Å². The summed E-state index contributed by atoms with van der Waals surface area (Å²) in [6.45, 7) is 0. The third-order valence-electron chi connectivity index (χ3n) is 2.93. The molecule has 0 bridgehead atoms. The minimum atomic E-state index is -0.537. The first kappa shape index (κ1) is 13.3. The van der Waals surface area contributed by atoms with E-state index in [2.05, 4.69) is 9.36 Å². The molecule has 2 heterocycles. The van der Waals surface area contributed by atoms with Gasteiger partial charge in [-0.15, -0.1) is 0 Å². The van der Waals surface area contributed by atoms with E-state index < -0.39 is 10.7 Å². The first-order valence-electron chi connectivity index (χ1n) is 5.97. The molecular formula is C14H8FN3O2S. The predicted octanol–water partition coefficient (Wildman–Crippen LogP) is 3.92. The third-order valence-corrected chi connectivity index (χ3v) is 3.71. The molecule has 3 aromatic rings. The van der Waals surface area contributed by atoms with Crippen molar-refractivity contribution in [2.24, 2.45) is 0 Å². The van der Waals surface area contributed by atoms with E-state index in [-0.39, 0.29) is 16.8 Å². The van der Waals surface area contributed by atoms with E-state index in [1.807, 2.05) is 0 Å². The highest BCUT2D eigenvalue weighted by atomic mass is 32.1. The van der Waals surface area contributed by atoms with Crippen molar-refractivity contribution in [3.8, 4) is 21.7 Å². The summed E-state index contributed by atoms with van der Waals surface area (Å²) < 4.78 is 18.2. The fraction of sp³-hybridized carbons (Fsp3) is 0. The smallest absolute Gasteiger partial charge is 0.258 e. The minimum absolute atomic E-state index is 0.159. The Bertz CT molecular complexity index is 791. The highest BCUT2D eigenvalue weighted by Crippen LogP contribution is 2.36. The van der Waals surface area contributed by atoms with Crippen molar-refractivity contribution < 1.29 is 9.31 Å². The molecule has 0 aliphatic heterocycles. The molecule has 3 rings (SSSR count). The average Bonchev–Trinajstić information content (AvgIpc) is 3.01. The Hall–Kier alpha value is -2.67. The first-order valence-corrected chi connectivity index (χ1v) is 6.74. The number of nitro groups is 1. The van der Waals surface area contributed by atoms with Crippen molar-refractivity contribution in [3.05, 3.63) is 64.7 Å². The molecule has 0 saturated carbocycles. The molecule has 0 N–H and O–H groups in total. The van der Waals surface area contributed by atoms with Crippen LogP contribution in [0.15, 0.2) is 48.8 Å². The Kier molecular flexibility index (Phi) is 3.41. The van der Waals surface area contributed by atoms with Crippen LogP contribution in [0.2, 0.25) is 0 Å². The molecule has 21 heavy (non-hydrogen) atoms. The van der Waals surface area contributed by atoms with E-state index >= 15 is 0 Å². The highest BCUT2D eigenvalue weighted by Gasteiger charge is 2.21. The molecule has 0 amide bonds. The quantitative estimate of drug-likeness (QED) is 0.543. The molecule has 7 heteroatoms. The maximum absolute atomic E-state index is 14.3. The molecule has 0 atom stereocenters. The molecule has 0 spiro atoms. The fourth-order valence-corrected chi connectivity index (χ4v) is 2.60. The Morgan fingerprint density at radius 3 is 2.62 bits per heavy atom. The molecule has 2 aromatic heterocycles. The second kappa shape index (κ2) is 5.37. The lowest BCUT2D eigenvalue weighted by molar-refractivity contribution is -0.384. The summed E-state index contributed by atoms with van der Waals surface area (Å²) in [5.74, 6) is -0.537. The molecular weight excluding hydrogens is 293 g/mol. The van der Waals surface area contributed by atoms with E-state index in [1.54, 1.807) is 24.3 Å². The molecule has 1 aromatic carbocycles. The summed E-state index contributed by atoms with van der Waals surface area (Å²) in [5.41, 5.74) is 0.507. The molecule has 0 aliphatic rings. The van der Waals surface area contributed by atoms with Gasteiger partial charge in [0.2, 0.25) is 0 Å². The van der Waals surface area contributed by atoms with Gasteiger partial charge in [-0.05, 0) is 35.8 Å². The molecule has 104 valence electrons. The molecule has 0 radical (unpaired) electrons. The molecule has 5 nitrogen and oxygen atoms in total. The van der Waals surface area contributed by atoms with Crippen molar-refractivity contribution in [2.45, 2.75) is 0 Å². The second-order valence-electron chi connectivity index (χ2n) is 4.20. The number of nitro benzene ring substituents is 1. The largest absolute Gasteiger partial charge is 0.279 e. The zero-order valence-corrected chi connectivity index (χ0v) is 11.4. The van der Waals surface area contributed by atoms with Gasteiger partial charge in [0.1, 0.15) is 5.82 Å². The lowest BCUT2D eigenvalue weighted by Gasteiger charge is -2.06. The number of aromatic nitrogens is 2. The third kappa shape index (κ3) is 2.50. The van der Waals surface area contributed by atoms with Crippen LogP contribution in [0.25, 0.3) is 21.7 Å². The molecule has 0 fully saturated rings. The van der Waals surface area contributed by atoms with Crippen molar-refractivity contribution in [1.29, 1.82) is 0 Å². The summed E-state index contributed by atoms with van der Waals surface area (Å²) >= 11 is 1.08. The van der Waals surface area contributed by atoms with Crippen LogP contribution in [0.1, 0.15) is 0 Å². The monoisotopic (exact) mass is 301 g/mol. The molecule has 0 aliphatic carbocycles. The van der Waals surface area contributed by atoms with Gasteiger partial charge in [0.05, 0.1) is 21.1 Å². The van der Waals surface area contributed by atoms with Gasteiger partial charge in [-0.1, -0.05) is 6.07 Å². The Balaban J connectivity index is 2.23. The van der Waals surface area contributed by atoms with Gasteiger partial charge in [0.15, 0.2) is 0 Å². The summed E-state index contributed by atoms with van der Waals surface area (Å²) in [5, 5.41) is 11.3. The summed E-state index contributed by atoms with van der Waals surface area (Å²) in [7, 11) is 0. The molecule has 0 saturated heterocycles. The standard InChI is InChI=1S/C14H8FN3O2S/c15-11-7-10(12-3-1-2-5-16-12)13(18(19)20)8-9(11)14-4-6-17-21-14/h1-8H. The zero-order valence-electron chi connectivity index (χ0n) is 10.6. The van der Waals surface area contributed by atoms with Crippen LogP contribution in [0.3, 0.4) is 0 Å². The Morgan fingerprint density at radius 2 is 2.00 bits per heavy atom. The van der Waals surface area contributed by atoms with Gasteiger partial charge in [0, 0.05) is 24.0 Å². The lowest BCUT2D eigenvalue weighted by Crippen LogP contribution is -1.96. The molecule has 0 unspecified atom stereocenters. The van der Waals surface area contributed by atoms with Gasteiger partial charge in [0.25, 0.3) is 5.69 Å². The predicted molar refractivity (Wildman–Crippen MR) is 77.4 cm³/mol. The first-order chi connectivity index (χ1) is 10.2. The van der Waals surface area contributed by atoms with Gasteiger partial charge in [-0.3, -0.25) is 15.1 Å². The normalized spacial score (nSPS) is 10.5.